The smallest absolute Gasteiger partial charge is 0.408 e. The molecule has 1 heterocycles. The van der Waals surface area contributed by atoms with Gasteiger partial charge in [-0.3, -0.25) is 9.59 Å². The molecule has 12 nitrogen and oxygen atoms in total. The highest BCUT2D eigenvalue weighted by Gasteiger charge is 2.35. The van der Waals surface area contributed by atoms with E-state index in [1.807, 2.05) is 6.92 Å². The van der Waals surface area contributed by atoms with Crippen molar-refractivity contribution in [1.82, 2.24) is 15.4 Å². The van der Waals surface area contributed by atoms with Crippen LogP contribution in [0, 0.1) is 6.92 Å². The van der Waals surface area contributed by atoms with Crippen molar-refractivity contribution < 1.29 is 42.1 Å². The van der Waals surface area contributed by atoms with E-state index in [0.29, 0.717) is 17.1 Å². The van der Waals surface area contributed by atoms with Crippen LogP contribution in [-0.4, -0.2) is 62.0 Å². The molecule has 0 aliphatic carbocycles. The standard InChI is InChI=1S/C26H33N3O9S/c1-16-6-9-18(10-7-16)39(34,35)29-19(23(31)32)12-17-8-11-20-21(13-17)36-15-26(5,37-20)28-22(30)14-27-24(33)38-25(2,3)4/h6-11,13,19,29H,12,14-15H2,1-5H3,(H,27,33)(H,28,30)(H,31,32)/t19-,26?/m0/s1. The van der Waals surface area contributed by atoms with Gasteiger partial charge in [-0.25, -0.2) is 13.2 Å². The molecule has 1 unspecified atom stereocenters. The van der Waals surface area contributed by atoms with Crippen molar-refractivity contribution >= 4 is 28.0 Å². The van der Waals surface area contributed by atoms with E-state index in [2.05, 4.69) is 15.4 Å². The van der Waals surface area contributed by atoms with Crippen molar-refractivity contribution in [3.05, 3.63) is 53.6 Å². The number of amides is 2. The second-order valence-corrected chi connectivity index (χ2v) is 12.0. The maximum atomic E-state index is 12.7. The molecule has 0 radical (unpaired) electrons. The van der Waals surface area contributed by atoms with Crippen LogP contribution in [0.25, 0.3) is 0 Å². The molecule has 0 bridgehead atoms. The molecule has 0 saturated heterocycles. The molecule has 3 rings (SSSR count). The Morgan fingerprint density at radius 3 is 2.38 bits per heavy atom. The van der Waals surface area contributed by atoms with Gasteiger partial charge in [0.15, 0.2) is 11.5 Å². The van der Waals surface area contributed by atoms with Gasteiger partial charge in [0.25, 0.3) is 0 Å². The zero-order chi connectivity index (χ0) is 29.0. The molecule has 1 aliphatic heterocycles. The van der Waals surface area contributed by atoms with E-state index in [-0.39, 0.29) is 24.5 Å². The molecule has 2 atom stereocenters. The third-order valence-corrected chi connectivity index (χ3v) is 6.90. The summed E-state index contributed by atoms with van der Waals surface area (Å²) in [6.45, 7) is 8.10. The number of hydrogen-bond donors (Lipinski definition) is 4. The Kier molecular flexibility index (Phi) is 8.76. The van der Waals surface area contributed by atoms with Gasteiger partial charge in [0.2, 0.25) is 21.7 Å². The number of alkyl carbamates (subject to hydrolysis) is 1. The van der Waals surface area contributed by atoms with Crippen LogP contribution < -0.4 is 24.8 Å². The highest BCUT2D eigenvalue weighted by molar-refractivity contribution is 7.89. The lowest BCUT2D eigenvalue weighted by molar-refractivity contribution is -0.139. The molecule has 2 aromatic rings. The quantitative estimate of drug-likeness (QED) is 0.357. The van der Waals surface area contributed by atoms with Gasteiger partial charge in [0, 0.05) is 0 Å². The second kappa shape index (κ2) is 11.5. The van der Waals surface area contributed by atoms with E-state index >= 15 is 0 Å². The van der Waals surface area contributed by atoms with Crippen LogP contribution in [-0.2, 0) is 30.8 Å². The number of aryl methyl sites for hydroxylation is 1. The van der Waals surface area contributed by atoms with Crippen LogP contribution in [0.1, 0.15) is 38.8 Å². The number of carboxylic acid groups (broad SMARTS) is 1. The molecular formula is C26H33N3O9S. The number of nitrogens with one attached hydrogen (secondary N) is 3. The van der Waals surface area contributed by atoms with Gasteiger partial charge >= 0.3 is 12.1 Å². The lowest BCUT2D eigenvalue weighted by atomic mass is 10.1. The fraction of sp³-hybridized carbons (Fsp3) is 0.423. The molecule has 13 heteroatoms. The van der Waals surface area contributed by atoms with Crippen LogP contribution in [0.2, 0.25) is 0 Å². The summed E-state index contributed by atoms with van der Waals surface area (Å²) in [6.07, 6.45) is -0.885. The summed E-state index contributed by atoms with van der Waals surface area (Å²) in [5.74, 6) is -1.27. The van der Waals surface area contributed by atoms with E-state index in [0.717, 1.165) is 5.56 Å². The number of sulfonamides is 1. The van der Waals surface area contributed by atoms with Crippen molar-refractivity contribution in [2.45, 2.75) is 63.3 Å². The summed E-state index contributed by atoms with van der Waals surface area (Å²) in [5.41, 5.74) is -0.585. The number of hydrogen-bond acceptors (Lipinski definition) is 8. The molecule has 0 fully saturated rings. The number of carboxylic acids is 1. The Morgan fingerprint density at radius 1 is 1.10 bits per heavy atom. The number of fused-ring (bicyclic) bond motifs is 1. The zero-order valence-corrected chi connectivity index (χ0v) is 23.2. The van der Waals surface area contributed by atoms with Crippen LogP contribution in [0.5, 0.6) is 11.5 Å². The molecule has 0 spiro atoms. The van der Waals surface area contributed by atoms with Crippen molar-refractivity contribution in [2.24, 2.45) is 0 Å². The molecule has 2 aromatic carbocycles. The SMILES string of the molecule is Cc1ccc(S(=O)(=O)N[C@@H](Cc2ccc3c(c2)OCC(C)(NC(=O)CNC(=O)OC(C)(C)C)O3)C(=O)O)cc1. The largest absolute Gasteiger partial charge is 0.483 e. The minimum Gasteiger partial charge on any atom is -0.483 e. The molecule has 1 aliphatic rings. The van der Waals surface area contributed by atoms with E-state index < -0.39 is 45.4 Å². The predicted molar refractivity (Wildman–Crippen MR) is 140 cm³/mol. The number of benzene rings is 2. The number of aliphatic carboxylic acids is 1. The lowest BCUT2D eigenvalue weighted by Crippen LogP contribution is -2.58. The summed E-state index contributed by atoms with van der Waals surface area (Å²) in [4.78, 5) is 35.9. The number of rotatable bonds is 9. The monoisotopic (exact) mass is 563 g/mol. The van der Waals surface area contributed by atoms with Gasteiger partial charge in [0.1, 0.15) is 24.8 Å². The highest BCUT2D eigenvalue weighted by Crippen LogP contribution is 2.35. The van der Waals surface area contributed by atoms with Gasteiger partial charge in [0.05, 0.1) is 4.90 Å². The normalized spacial score (nSPS) is 17.6. The Hall–Kier alpha value is -3.84. The Balaban J connectivity index is 1.62. The third kappa shape index (κ3) is 8.58. The summed E-state index contributed by atoms with van der Waals surface area (Å²) in [7, 11) is -4.07. The molecule has 0 saturated carbocycles. The average Bonchev–Trinajstić information content (AvgIpc) is 2.81. The Bertz CT molecular complexity index is 1340. The molecule has 212 valence electrons. The van der Waals surface area contributed by atoms with E-state index in [1.54, 1.807) is 58.0 Å². The minimum atomic E-state index is -4.07. The number of carbonyl (C=O) groups is 3. The maximum absolute atomic E-state index is 12.7. The first-order chi connectivity index (χ1) is 18.1. The van der Waals surface area contributed by atoms with Crippen LogP contribution >= 0.6 is 0 Å². The highest BCUT2D eigenvalue weighted by atomic mass is 32.2. The molecular weight excluding hydrogens is 530 g/mol. The van der Waals surface area contributed by atoms with Gasteiger partial charge < -0.3 is 30.0 Å². The number of carbonyl (C=O) groups excluding carboxylic acids is 2. The summed E-state index contributed by atoms with van der Waals surface area (Å²) >= 11 is 0. The van der Waals surface area contributed by atoms with Gasteiger partial charge in [-0.15, -0.1) is 0 Å². The summed E-state index contributed by atoms with van der Waals surface area (Å²) in [6, 6.07) is 9.31. The molecule has 2 amide bonds. The van der Waals surface area contributed by atoms with Crippen LogP contribution in [0.4, 0.5) is 4.79 Å². The van der Waals surface area contributed by atoms with Crippen molar-refractivity contribution in [3.8, 4) is 11.5 Å². The molecule has 4 N–H and O–H groups in total. The second-order valence-electron chi connectivity index (χ2n) is 10.3. The average molecular weight is 564 g/mol. The topological polar surface area (TPSA) is 169 Å². The van der Waals surface area contributed by atoms with Crippen LogP contribution in [0.3, 0.4) is 0 Å². The zero-order valence-electron chi connectivity index (χ0n) is 22.4. The molecule has 0 aromatic heterocycles. The maximum Gasteiger partial charge on any atom is 0.408 e. The predicted octanol–water partition coefficient (Wildman–Crippen LogP) is 2.10. The van der Waals surface area contributed by atoms with Crippen molar-refractivity contribution in [2.75, 3.05) is 13.2 Å². The minimum absolute atomic E-state index is 0.0378. The van der Waals surface area contributed by atoms with Gasteiger partial charge in [-0.1, -0.05) is 23.8 Å². The van der Waals surface area contributed by atoms with E-state index in [4.69, 9.17) is 14.2 Å². The van der Waals surface area contributed by atoms with E-state index in [9.17, 15) is 27.9 Å². The number of ether oxygens (including phenoxy) is 3. The fourth-order valence-electron chi connectivity index (χ4n) is 3.62. The third-order valence-electron chi connectivity index (χ3n) is 5.41. The first kappa shape index (κ1) is 29.7. The van der Waals surface area contributed by atoms with Gasteiger partial charge in [-0.2, -0.15) is 4.72 Å². The first-order valence-electron chi connectivity index (χ1n) is 12.1. The Morgan fingerprint density at radius 2 is 1.77 bits per heavy atom. The van der Waals surface area contributed by atoms with Crippen molar-refractivity contribution in [1.29, 1.82) is 0 Å². The van der Waals surface area contributed by atoms with Gasteiger partial charge in [-0.05, 0) is 70.9 Å². The van der Waals surface area contributed by atoms with E-state index in [1.165, 1.54) is 12.1 Å². The lowest BCUT2D eigenvalue weighted by Gasteiger charge is -2.36. The molecule has 39 heavy (non-hydrogen) atoms. The Labute approximate surface area is 227 Å². The van der Waals surface area contributed by atoms with Crippen molar-refractivity contribution in [3.63, 3.8) is 0 Å². The summed E-state index contributed by atoms with van der Waals surface area (Å²) < 4.78 is 44.4. The summed E-state index contributed by atoms with van der Waals surface area (Å²) in [5, 5.41) is 14.7. The fourth-order valence-corrected chi connectivity index (χ4v) is 4.81. The first-order valence-corrected chi connectivity index (χ1v) is 13.6. The van der Waals surface area contributed by atoms with Crippen LogP contribution in [0.15, 0.2) is 47.4 Å².